The van der Waals surface area contributed by atoms with Crippen molar-refractivity contribution in [2.45, 2.75) is 33.2 Å². The van der Waals surface area contributed by atoms with E-state index in [0.29, 0.717) is 12.0 Å². The van der Waals surface area contributed by atoms with Crippen molar-refractivity contribution in [3.8, 4) is 0 Å². The number of hydrogen-bond acceptors (Lipinski definition) is 1. The van der Waals surface area contributed by atoms with E-state index < -0.39 is 0 Å². The summed E-state index contributed by atoms with van der Waals surface area (Å²) >= 11 is 6.04. The monoisotopic (exact) mass is 211 g/mol. The molecule has 0 aliphatic rings. The summed E-state index contributed by atoms with van der Waals surface area (Å²) in [4.78, 5) is 0. The zero-order valence-corrected chi connectivity index (χ0v) is 9.81. The van der Waals surface area contributed by atoms with E-state index in [-0.39, 0.29) is 0 Å². The molecule has 14 heavy (non-hydrogen) atoms. The second-order valence-corrected chi connectivity index (χ2v) is 4.56. The largest absolute Gasteiger partial charge is 0.381 e. The average Bonchev–Trinajstić information content (AvgIpc) is 2.07. The van der Waals surface area contributed by atoms with Crippen molar-refractivity contribution in [1.29, 1.82) is 0 Å². The highest BCUT2D eigenvalue weighted by Crippen LogP contribution is 2.22. The zero-order valence-electron chi connectivity index (χ0n) is 9.05. The lowest BCUT2D eigenvalue weighted by Gasteiger charge is -2.17. The smallest absolute Gasteiger partial charge is 0.0637 e. The average molecular weight is 212 g/mol. The molecule has 1 atom stereocenters. The first-order valence-corrected chi connectivity index (χ1v) is 5.48. The summed E-state index contributed by atoms with van der Waals surface area (Å²) < 4.78 is 0. The summed E-state index contributed by atoms with van der Waals surface area (Å²) in [7, 11) is 0. The topological polar surface area (TPSA) is 12.0 Å². The van der Waals surface area contributed by atoms with Crippen molar-refractivity contribution >= 4 is 17.3 Å². The fraction of sp³-hybridized carbons (Fsp3) is 0.500. The van der Waals surface area contributed by atoms with Gasteiger partial charge in [-0.15, -0.1) is 0 Å². The quantitative estimate of drug-likeness (QED) is 0.788. The van der Waals surface area contributed by atoms with Crippen molar-refractivity contribution in [2.24, 2.45) is 5.92 Å². The fourth-order valence-electron chi connectivity index (χ4n) is 1.61. The minimum absolute atomic E-state index is 0.467. The number of anilines is 1. The molecule has 0 aliphatic heterocycles. The first-order valence-electron chi connectivity index (χ1n) is 5.10. The summed E-state index contributed by atoms with van der Waals surface area (Å²) in [5.74, 6) is 0.708. The van der Waals surface area contributed by atoms with Crippen molar-refractivity contribution in [3.63, 3.8) is 0 Å². The molecule has 0 spiro atoms. The Balaban J connectivity index is 2.56. The van der Waals surface area contributed by atoms with Gasteiger partial charge in [-0.25, -0.2) is 0 Å². The Morgan fingerprint density at radius 1 is 1.21 bits per heavy atom. The first-order chi connectivity index (χ1) is 6.59. The molecular weight excluding hydrogens is 194 g/mol. The van der Waals surface area contributed by atoms with Crippen molar-refractivity contribution in [3.05, 3.63) is 29.3 Å². The Morgan fingerprint density at radius 3 is 2.43 bits per heavy atom. The molecule has 0 aromatic heterocycles. The summed E-state index contributed by atoms with van der Waals surface area (Å²) in [6, 6.07) is 8.33. The van der Waals surface area contributed by atoms with Crippen LogP contribution in [0.5, 0.6) is 0 Å². The second-order valence-electron chi connectivity index (χ2n) is 4.15. The lowest BCUT2D eigenvalue weighted by molar-refractivity contribution is 0.540. The van der Waals surface area contributed by atoms with Gasteiger partial charge in [-0.1, -0.05) is 37.6 Å². The minimum atomic E-state index is 0.467. The molecule has 1 rings (SSSR count). The lowest BCUT2D eigenvalue weighted by Crippen LogP contribution is -2.17. The van der Waals surface area contributed by atoms with Crippen LogP contribution in [0.1, 0.15) is 27.2 Å². The molecule has 0 heterocycles. The van der Waals surface area contributed by atoms with Gasteiger partial charge < -0.3 is 5.32 Å². The third kappa shape index (κ3) is 3.59. The number of benzene rings is 1. The summed E-state index contributed by atoms with van der Waals surface area (Å²) in [6.45, 7) is 6.64. The van der Waals surface area contributed by atoms with Crippen LogP contribution in [-0.2, 0) is 0 Å². The van der Waals surface area contributed by atoms with Gasteiger partial charge in [-0.2, -0.15) is 0 Å². The van der Waals surface area contributed by atoms with Crippen LogP contribution < -0.4 is 5.32 Å². The molecular formula is C12H18ClN. The standard InChI is InChI=1S/C12H18ClN/c1-9(2)8-10(3)14-12-7-5-4-6-11(12)13/h4-7,9-10,14H,8H2,1-3H3. The minimum Gasteiger partial charge on any atom is -0.381 e. The van der Waals surface area contributed by atoms with E-state index in [4.69, 9.17) is 11.6 Å². The van der Waals surface area contributed by atoms with E-state index in [1.807, 2.05) is 24.3 Å². The van der Waals surface area contributed by atoms with Crippen molar-refractivity contribution < 1.29 is 0 Å². The molecule has 78 valence electrons. The van der Waals surface area contributed by atoms with Gasteiger partial charge in [0.05, 0.1) is 10.7 Å². The predicted octanol–water partition coefficient (Wildman–Crippen LogP) is 4.19. The highest BCUT2D eigenvalue weighted by Gasteiger charge is 2.06. The third-order valence-corrected chi connectivity index (χ3v) is 2.43. The Bertz CT molecular complexity index is 283. The van der Waals surface area contributed by atoms with E-state index >= 15 is 0 Å². The summed E-state index contributed by atoms with van der Waals surface area (Å²) in [5, 5.41) is 4.20. The van der Waals surface area contributed by atoms with Crippen LogP contribution in [0.25, 0.3) is 0 Å². The van der Waals surface area contributed by atoms with Crippen molar-refractivity contribution in [2.75, 3.05) is 5.32 Å². The summed E-state index contributed by atoms with van der Waals surface area (Å²) in [6.07, 6.45) is 1.16. The normalized spacial score (nSPS) is 12.9. The second kappa shape index (κ2) is 5.26. The molecule has 0 saturated carbocycles. The van der Waals surface area contributed by atoms with Gasteiger partial charge >= 0.3 is 0 Å². The van der Waals surface area contributed by atoms with E-state index in [9.17, 15) is 0 Å². The van der Waals surface area contributed by atoms with Gasteiger partial charge in [0.25, 0.3) is 0 Å². The predicted molar refractivity (Wildman–Crippen MR) is 64.0 cm³/mol. The molecule has 2 heteroatoms. The van der Waals surface area contributed by atoms with E-state index in [2.05, 4.69) is 26.1 Å². The lowest BCUT2D eigenvalue weighted by atomic mass is 10.1. The highest BCUT2D eigenvalue weighted by atomic mass is 35.5. The SMILES string of the molecule is CC(C)CC(C)Nc1ccccc1Cl. The molecule has 0 aliphatic carbocycles. The molecule has 0 amide bonds. The molecule has 1 unspecified atom stereocenters. The maximum Gasteiger partial charge on any atom is 0.0637 e. The molecule has 1 aromatic carbocycles. The van der Waals surface area contributed by atoms with Gasteiger partial charge in [0.15, 0.2) is 0 Å². The zero-order chi connectivity index (χ0) is 10.6. The molecule has 0 bridgehead atoms. The molecule has 0 fully saturated rings. The van der Waals surface area contributed by atoms with E-state index in [0.717, 1.165) is 17.1 Å². The first kappa shape index (κ1) is 11.4. The van der Waals surface area contributed by atoms with Crippen LogP contribution >= 0.6 is 11.6 Å². The van der Waals surface area contributed by atoms with Crippen LogP contribution in [0.4, 0.5) is 5.69 Å². The number of para-hydroxylation sites is 1. The molecule has 1 N–H and O–H groups in total. The molecule has 1 nitrogen and oxygen atoms in total. The van der Waals surface area contributed by atoms with Crippen LogP contribution in [0.2, 0.25) is 5.02 Å². The van der Waals surface area contributed by atoms with Gasteiger partial charge in [0.2, 0.25) is 0 Å². The Labute approximate surface area is 91.5 Å². The maximum absolute atomic E-state index is 6.04. The van der Waals surface area contributed by atoms with Gasteiger partial charge in [0, 0.05) is 6.04 Å². The molecule has 0 saturated heterocycles. The van der Waals surface area contributed by atoms with Crippen LogP contribution in [-0.4, -0.2) is 6.04 Å². The van der Waals surface area contributed by atoms with E-state index in [1.165, 1.54) is 0 Å². The maximum atomic E-state index is 6.04. The fourth-order valence-corrected chi connectivity index (χ4v) is 1.80. The highest BCUT2D eigenvalue weighted by molar-refractivity contribution is 6.33. The van der Waals surface area contributed by atoms with Gasteiger partial charge in [-0.3, -0.25) is 0 Å². The Morgan fingerprint density at radius 2 is 1.86 bits per heavy atom. The third-order valence-electron chi connectivity index (χ3n) is 2.10. The van der Waals surface area contributed by atoms with Crippen LogP contribution in [0, 0.1) is 5.92 Å². The van der Waals surface area contributed by atoms with Crippen molar-refractivity contribution in [1.82, 2.24) is 0 Å². The number of nitrogens with one attached hydrogen (secondary N) is 1. The van der Waals surface area contributed by atoms with Crippen LogP contribution in [0.3, 0.4) is 0 Å². The Kier molecular flexibility index (Phi) is 4.27. The number of rotatable bonds is 4. The van der Waals surface area contributed by atoms with Gasteiger partial charge in [0.1, 0.15) is 0 Å². The van der Waals surface area contributed by atoms with Crippen LogP contribution in [0.15, 0.2) is 24.3 Å². The molecule has 1 aromatic rings. The van der Waals surface area contributed by atoms with E-state index in [1.54, 1.807) is 0 Å². The van der Waals surface area contributed by atoms with Gasteiger partial charge in [-0.05, 0) is 31.4 Å². The number of hydrogen-bond donors (Lipinski definition) is 1. The Hall–Kier alpha value is -0.690. The number of halogens is 1. The summed E-state index contributed by atoms with van der Waals surface area (Å²) in [5.41, 5.74) is 1.03. The molecule has 0 radical (unpaired) electrons.